The van der Waals surface area contributed by atoms with Crippen molar-refractivity contribution in [2.75, 3.05) is 17.2 Å². The van der Waals surface area contributed by atoms with Gasteiger partial charge in [-0.25, -0.2) is 14.0 Å². The normalized spacial score (nSPS) is 17.8. The third kappa shape index (κ3) is 5.02. The zero-order chi connectivity index (χ0) is 26.2. The highest BCUT2D eigenvalue weighted by molar-refractivity contribution is 6.06. The molecule has 0 spiro atoms. The fourth-order valence-electron chi connectivity index (χ4n) is 4.02. The first-order valence-electron chi connectivity index (χ1n) is 10.5. The van der Waals surface area contributed by atoms with Gasteiger partial charge in [0.05, 0.1) is 16.9 Å². The molecule has 6 N–H and O–H groups in total. The number of anilines is 2. The first-order valence-corrected chi connectivity index (χ1v) is 10.5. The topological polar surface area (TPSA) is 145 Å². The Morgan fingerprint density at radius 2 is 1.75 bits per heavy atom. The summed E-state index contributed by atoms with van der Waals surface area (Å²) in [4.78, 5) is 38.8. The lowest BCUT2D eigenvalue weighted by atomic mass is 10.1. The molecule has 190 valence electrons. The molecule has 2 atom stereocenters. The Balaban J connectivity index is 1.54. The molecule has 0 saturated carbocycles. The van der Waals surface area contributed by atoms with Gasteiger partial charge in [-0.1, -0.05) is 24.3 Å². The molecule has 1 aliphatic rings. The number of aromatic nitrogens is 1. The number of carbonyl (C=O) groups excluding carboxylic acids is 3. The number of nitrogens with two attached hydrogens (primary N) is 2. The molecule has 36 heavy (non-hydrogen) atoms. The number of ether oxygens (including phenoxy) is 1. The number of rotatable bonds is 4. The fraction of sp³-hybridized carbons (Fsp3) is 0.227. The molecule has 10 nitrogen and oxygen atoms in total. The second-order valence-corrected chi connectivity index (χ2v) is 8.02. The fourth-order valence-corrected chi connectivity index (χ4v) is 4.02. The highest BCUT2D eigenvalue weighted by Gasteiger charge is 2.39. The minimum atomic E-state index is -5.13. The van der Waals surface area contributed by atoms with E-state index in [1.807, 2.05) is 0 Å². The van der Waals surface area contributed by atoms with Gasteiger partial charge in [0.2, 0.25) is 5.91 Å². The van der Waals surface area contributed by atoms with Gasteiger partial charge in [-0.15, -0.1) is 13.2 Å². The predicted molar refractivity (Wildman–Crippen MR) is 121 cm³/mol. The van der Waals surface area contributed by atoms with E-state index in [0.29, 0.717) is 10.9 Å². The highest BCUT2D eigenvalue weighted by atomic mass is 19.4. The summed E-state index contributed by atoms with van der Waals surface area (Å²) < 4.78 is 56.7. The van der Waals surface area contributed by atoms with Gasteiger partial charge in [-0.3, -0.25) is 9.36 Å². The van der Waals surface area contributed by atoms with Crippen LogP contribution in [0.2, 0.25) is 0 Å². The number of nitrogens with zero attached hydrogens (tertiary/aromatic N) is 2. The molecule has 1 fully saturated rings. The maximum absolute atomic E-state index is 14.5. The first-order chi connectivity index (χ1) is 16.9. The number of fused-ring (bicyclic) bond motifs is 1. The number of halogens is 4. The summed E-state index contributed by atoms with van der Waals surface area (Å²) in [5, 5.41) is 5.33. The van der Waals surface area contributed by atoms with Crippen LogP contribution in [0.4, 0.5) is 38.5 Å². The first kappa shape index (κ1) is 24.8. The van der Waals surface area contributed by atoms with Crippen molar-refractivity contribution in [2.24, 2.45) is 11.5 Å². The van der Waals surface area contributed by atoms with E-state index >= 15 is 0 Å². The largest absolute Gasteiger partial charge is 0.573 e. The van der Waals surface area contributed by atoms with Crippen LogP contribution in [0.1, 0.15) is 6.42 Å². The molecule has 0 radical (unpaired) electrons. The summed E-state index contributed by atoms with van der Waals surface area (Å²) in [5.41, 5.74) is 11.5. The minimum absolute atomic E-state index is 0.0165. The van der Waals surface area contributed by atoms with E-state index in [4.69, 9.17) is 11.5 Å². The van der Waals surface area contributed by atoms with E-state index in [9.17, 15) is 31.9 Å². The van der Waals surface area contributed by atoms with Crippen LogP contribution in [-0.4, -0.2) is 52.4 Å². The second kappa shape index (κ2) is 9.37. The standard InChI is InChI=1S/C22H20F4N6O4/c23-18-13(5-3-7-17(18)36-22(24,25)26)29-19(33)16-8-11(27)9-32(16)21(35)30-14-10-31(20(28)34)15-6-2-1-4-12(14)15/h1-7,10-11,16H,8-9,27H2,(H2,28,34)(H,29,33)(H,30,35)/t11-,16-/m0/s1. The van der Waals surface area contributed by atoms with Crippen molar-refractivity contribution in [3.05, 3.63) is 54.5 Å². The maximum Gasteiger partial charge on any atom is 0.573 e. The molecule has 1 aromatic heterocycles. The smallest absolute Gasteiger partial charge is 0.403 e. The third-order valence-corrected chi connectivity index (χ3v) is 5.53. The van der Waals surface area contributed by atoms with Crippen molar-refractivity contribution in [1.29, 1.82) is 0 Å². The molecule has 0 unspecified atom stereocenters. The average molecular weight is 508 g/mol. The molecular weight excluding hydrogens is 488 g/mol. The van der Waals surface area contributed by atoms with Gasteiger partial charge in [-0.05, 0) is 24.6 Å². The van der Waals surface area contributed by atoms with Crippen LogP contribution in [0.15, 0.2) is 48.7 Å². The number of primary amides is 1. The number of hydrogen-bond acceptors (Lipinski definition) is 5. The van der Waals surface area contributed by atoms with Crippen LogP contribution in [0, 0.1) is 5.82 Å². The Kier molecular flexibility index (Phi) is 6.45. The molecule has 1 aliphatic heterocycles. The Morgan fingerprint density at radius 3 is 2.44 bits per heavy atom. The number of likely N-dealkylation sites (tertiary alicyclic amines) is 1. The van der Waals surface area contributed by atoms with Crippen LogP contribution >= 0.6 is 0 Å². The lowest BCUT2D eigenvalue weighted by molar-refractivity contribution is -0.275. The second-order valence-electron chi connectivity index (χ2n) is 8.02. The van der Waals surface area contributed by atoms with E-state index in [1.165, 1.54) is 6.20 Å². The Morgan fingerprint density at radius 1 is 1.03 bits per heavy atom. The van der Waals surface area contributed by atoms with E-state index in [2.05, 4.69) is 15.4 Å². The lowest BCUT2D eigenvalue weighted by Crippen LogP contribution is -2.45. The predicted octanol–water partition coefficient (Wildman–Crippen LogP) is 3.18. The van der Waals surface area contributed by atoms with Gasteiger partial charge in [0.15, 0.2) is 11.6 Å². The minimum Gasteiger partial charge on any atom is -0.403 e. The SMILES string of the molecule is NC(=O)n1cc(NC(=O)N2C[C@@H](N)C[C@H]2C(=O)Nc2cccc(OC(F)(F)F)c2F)c2ccccc21. The maximum atomic E-state index is 14.5. The van der Waals surface area contributed by atoms with Crippen molar-refractivity contribution in [3.8, 4) is 5.75 Å². The van der Waals surface area contributed by atoms with Crippen molar-refractivity contribution in [3.63, 3.8) is 0 Å². The molecule has 4 amide bonds. The van der Waals surface area contributed by atoms with Crippen LogP contribution < -0.4 is 26.8 Å². The van der Waals surface area contributed by atoms with Gasteiger partial charge in [0.25, 0.3) is 0 Å². The third-order valence-electron chi connectivity index (χ3n) is 5.53. The summed E-state index contributed by atoms with van der Waals surface area (Å²) in [7, 11) is 0. The average Bonchev–Trinajstić information content (AvgIpc) is 3.37. The number of urea groups is 1. The van der Waals surface area contributed by atoms with Crippen LogP contribution in [0.5, 0.6) is 5.75 Å². The molecule has 14 heteroatoms. The number of amides is 4. The van der Waals surface area contributed by atoms with E-state index in [0.717, 1.165) is 27.7 Å². The molecule has 2 aromatic carbocycles. The van der Waals surface area contributed by atoms with Crippen molar-refractivity contribution in [2.45, 2.75) is 24.9 Å². The zero-order valence-electron chi connectivity index (χ0n) is 18.4. The van der Waals surface area contributed by atoms with Gasteiger partial charge in [-0.2, -0.15) is 0 Å². The van der Waals surface area contributed by atoms with Gasteiger partial charge >= 0.3 is 18.4 Å². The molecule has 2 heterocycles. The summed E-state index contributed by atoms with van der Waals surface area (Å²) in [5.74, 6) is -3.41. The Labute approximate surface area is 200 Å². The highest BCUT2D eigenvalue weighted by Crippen LogP contribution is 2.31. The monoisotopic (exact) mass is 508 g/mol. The van der Waals surface area contributed by atoms with Crippen molar-refractivity contribution in [1.82, 2.24) is 9.47 Å². The van der Waals surface area contributed by atoms with Crippen molar-refractivity contribution >= 4 is 40.2 Å². The number of para-hydroxylation sites is 1. The van der Waals surface area contributed by atoms with E-state index < -0.39 is 53.7 Å². The van der Waals surface area contributed by atoms with Crippen molar-refractivity contribution < 1.29 is 36.7 Å². The summed E-state index contributed by atoms with van der Waals surface area (Å²) in [6.07, 6.45) is -3.78. The quantitative estimate of drug-likeness (QED) is 0.400. The van der Waals surface area contributed by atoms with Gasteiger partial charge < -0.3 is 31.7 Å². The number of hydrogen-bond donors (Lipinski definition) is 4. The van der Waals surface area contributed by atoms with E-state index in [-0.39, 0.29) is 18.7 Å². The number of alkyl halides is 3. The van der Waals surface area contributed by atoms with Crippen LogP contribution in [0.25, 0.3) is 10.9 Å². The number of nitrogens with one attached hydrogen (secondary N) is 2. The number of carbonyl (C=O) groups is 3. The Bertz CT molecular complexity index is 1340. The summed E-state index contributed by atoms with van der Waals surface area (Å²) in [6, 6.07) is 6.28. The molecule has 4 rings (SSSR count). The Hall–Kier alpha value is -4.33. The number of benzene rings is 2. The molecule has 3 aromatic rings. The van der Waals surface area contributed by atoms with Crippen LogP contribution in [-0.2, 0) is 4.79 Å². The lowest BCUT2D eigenvalue weighted by Gasteiger charge is -2.24. The molecule has 0 bridgehead atoms. The molecule has 1 saturated heterocycles. The molecule has 0 aliphatic carbocycles. The van der Waals surface area contributed by atoms with Gasteiger partial charge in [0.1, 0.15) is 6.04 Å². The summed E-state index contributed by atoms with van der Waals surface area (Å²) in [6.45, 7) is -0.0297. The molecular formula is C22H20F4N6O4. The van der Waals surface area contributed by atoms with E-state index in [1.54, 1.807) is 24.3 Å². The summed E-state index contributed by atoms with van der Waals surface area (Å²) >= 11 is 0. The van der Waals surface area contributed by atoms with Gasteiger partial charge in [0, 0.05) is 24.2 Å². The zero-order valence-corrected chi connectivity index (χ0v) is 18.4. The van der Waals surface area contributed by atoms with Crippen LogP contribution in [0.3, 0.4) is 0 Å².